The van der Waals surface area contributed by atoms with Crippen LogP contribution in [0.2, 0.25) is 0 Å². The number of hydrogen-bond acceptors (Lipinski definition) is 9. The quantitative estimate of drug-likeness (QED) is 0.312. The molecule has 0 radical (unpaired) electrons. The van der Waals surface area contributed by atoms with Gasteiger partial charge in [0.05, 0.1) is 18.1 Å². The van der Waals surface area contributed by atoms with Crippen molar-refractivity contribution in [3.8, 4) is 11.6 Å². The van der Waals surface area contributed by atoms with Crippen LogP contribution in [0.5, 0.6) is 0 Å². The maximum Gasteiger partial charge on any atom is 0.433 e. The summed E-state index contributed by atoms with van der Waals surface area (Å²) in [5, 5.41) is 19.3. The van der Waals surface area contributed by atoms with Crippen molar-refractivity contribution in [1.29, 1.82) is 0 Å². The molecule has 0 aromatic carbocycles. The Labute approximate surface area is 162 Å². The molecule has 2 N–H and O–H groups in total. The molecule has 0 saturated heterocycles. The zero-order valence-electron chi connectivity index (χ0n) is 14.7. The minimum Gasteiger partial charge on any atom is -0.461 e. The van der Waals surface area contributed by atoms with Crippen LogP contribution in [0, 0.1) is 10.1 Å². The summed E-state index contributed by atoms with van der Waals surface area (Å²) in [6, 6.07) is 6.25. The van der Waals surface area contributed by atoms with Crippen molar-refractivity contribution in [2.24, 2.45) is 0 Å². The Hall–Kier alpha value is -3.54. The van der Waals surface area contributed by atoms with Crippen LogP contribution in [0.1, 0.15) is 12.7 Å². The molecule has 3 aromatic rings. The first-order chi connectivity index (χ1) is 13.6. The number of nitrogens with one attached hydrogen (secondary N) is 2. The van der Waals surface area contributed by atoms with E-state index in [-0.39, 0.29) is 23.3 Å². The fraction of sp³-hybridized carbons (Fsp3) is 0.188. The molecule has 3 aromatic heterocycles. The minimum absolute atomic E-state index is 0.114. The van der Waals surface area contributed by atoms with Crippen molar-refractivity contribution in [3.05, 3.63) is 52.6 Å². The molecule has 3 heterocycles. The molecule has 1 amide bonds. The number of thioether (sulfide) groups is 1. The Bertz CT molecular complexity index is 978. The summed E-state index contributed by atoms with van der Waals surface area (Å²) in [6.07, 6.45) is 4.41. The van der Waals surface area contributed by atoms with Gasteiger partial charge >= 0.3 is 5.88 Å². The molecule has 146 valence electrons. The average molecular weight is 404 g/mol. The van der Waals surface area contributed by atoms with Gasteiger partial charge < -0.3 is 14.3 Å². The number of amides is 1. The zero-order valence-corrected chi connectivity index (χ0v) is 15.5. The summed E-state index contributed by atoms with van der Waals surface area (Å²) in [5.74, 6) is 0.965. The molecule has 0 aliphatic heterocycles. The molecule has 3 rings (SSSR count). The number of aromatic nitrogens is 3. The van der Waals surface area contributed by atoms with Crippen molar-refractivity contribution >= 4 is 29.6 Å². The number of nitrogens with zero attached hydrogens (tertiary/aromatic N) is 4. The van der Waals surface area contributed by atoms with Gasteiger partial charge in [0.15, 0.2) is 16.7 Å². The van der Waals surface area contributed by atoms with E-state index in [0.29, 0.717) is 23.3 Å². The van der Waals surface area contributed by atoms with Gasteiger partial charge in [-0.1, -0.05) is 11.8 Å². The van der Waals surface area contributed by atoms with E-state index in [1.54, 1.807) is 18.4 Å². The molecule has 0 bridgehead atoms. The number of hydrazine groups is 1. The maximum absolute atomic E-state index is 11.9. The highest BCUT2D eigenvalue weighted by Crippen LogP contribution is 2.24. The van der Waals surface area contributed by atoms with E-state index in [1.165, 1.54) is 36.2 Å². The summed E-state index contributed by atoms with van der Waals surface area (Å²) >= 11 is 1.24. The topological polar surface area (TPSA) is 141 Å². The molecule has 28 heavy (non-hydrogen) atoms. The van der Waals surface area contributed by atoms with E-state index in [4.69, 9.17) is 8.83 Å². The molecular formula is C16H16N6O5S. The van der Waals surface area contributed by atoms with Gasteiger partial charge in [0.2, 0.25) is 5.91 Å². The van der Waals surface area contributed by atoms with Gasteiger partial charge in [0.1, 0.15) is 10.7 Å². The highest BCUT2D eigenvalue weighted by atomic mass is 32.2. The van der Waals surface area contributed by atoms with Crippen molar-refractivity contribution in [2.45, 2.75) is 18.6 Å². The predicted molar refractivity (Wildman–Crippen MR) is 99.8 cm³/mol. The van der Waals surface area contributed by atoms with Gasteiger partial charge in [-0.05, 0) is 31.2 Å². The summed E-state index contributed by atoms with van der Waals surface area (Å²) in [4.78, 5) is 21.8. The first-order valence-corrected chi connectivity index (χ1v) is 9.12. The molecule has 0 atom stereocenters. The second-order valence-corrected chi connectivity index (χ2v) is 6.22. The number of nitro groups is 1. The molecule has 0 aliphatic carbocycles. The number of carbonyl (C=O) groups excluding carboxylic acids is 1. The Balaban J connectivity index is 1.48. The second-order valence-electron chi connectivity index (χ2n) is 5.28. The number of carbonyl (C=O) groups is 1. The lowest BCUT2D eigenvalue weighted by molar-refractivity contribution is -0.402. The third-order valence-electron chi connectivity index (χ3n) is 3.44. The van der Waals surface area contributed by atoms with Gasteiger partial charge in [-0.2, -0.15) is 0 Å². The smallest absolute Gasteiger partial charge is 0.433 e. The fourth-order valence-corrected chi connectivity index (χ4v) is 3.01. The molecule has 0 saturated carbocycles. The van der Waals surface area contributed by atoms with Crippen molar-refractivity contribution in [3.63, 3.8) is 0 Å². The number of furan rings is 2. The van der Waals surface area contributed by atoms with Gasteiger partial charge in [0.25, 0.3) is 0 Å². The number of hydrogen-bond donors (Lipinski definition) is 2. The monoisotopic (exact) mass is 404 g/mol. The van der Waals surface area contributed by atoms with E-state index in [2.05, 4.69) is 21.0 Å². The first kappa shape index (κ1) is 19.2. The van der Waals surface area contributed by atoms with E-state index in [0.717, 1.165) is 0 Å². The summed E-state index contributed by atoms with van der Waals surface area (Å²) in [6.45, 7) is 2.58. The average Bonchev–Trinajstić information content (AvgIpc) is 3.43. The molecule has 0 fully saturated rings. The Morgan fingerprint density at radius 1 is 1.39 bits per heavy atom. The Morgan fingerprint density at radius 3 is 2.93 bits per heavy atom. The standard InChI is InChI=1S/C16H16N6O5S/c1-2-21-15(12-4-3-9-26-12)19-20-16(21)28-10-13(23)18-17-8-7-11-5-6-14(27-11)22(24)25/h3-9,17H,2,10H2,1H3,(H,18,23)/b8-7+. The maximum atomic E-state index is 11.9. The Kier molecular flexibility index (Phi) is 6.11. The zero-order chi connectivity index (χ0) is 19.9. The minimum atomic E-state index is -0.629. The van der Waals surface area contributed by atoms with E-state index in [1.807, 2.05) is 11.5 Å². The lowest BCUT2D eigenvalue weighted by Crippen LogP contribution is -2.34. The third-order valence-corrected chi connectivity index (χ3v) is 4.41. The highest BCUT2D eigenvalue weighted by molar-refractivity contribution is 7.99. The highest BCUT2D eigenvalue weighted by Gasteiger charge is 2.16. The molecular weight excluding hydrogens is 388 g/mol. The van der Waals surface area contributed by atoms with Crippen LogP contribution < -0.4 is 10.9 Å². The van der Waals surface area contributed by atoms with E-state index in [9.17, 15) is 14.9 Å². The first-order valence-electron chi connectivity index (χ1n) is 8.13. The summed E-state index contributed by atoms with van der Waals surface area (Å²) in [5.41, 5.74) is 5.06. The second kappa shape index (κ2) is 8.90. The van der Waals surface area contributed by atoms with Gasteiger partial charge in [-0.25, -0.2) is 0 Å². The lowest BCUT2D eigenvalue weighted by atomic mass is 10.4. The van der Waals surface area contributed by atoms with Crippen LogP contribution in [0.15, 0.2) is 50.7 Å². The molecule has 0 aliphatic rings. The van der Waals surface area contributed by atoms with E-state index < -0.39 is 4.92 Å². The largest absolute Gasteiger partial charge is 0.461 e. The summed E-state index contributed by atoms with van der Waals surface area (Å²) < 4.78 is 12.1. The normalized spacial score (nSPS) is 11.0. The van der Waals surface area contributed by atoms with Crippen molar-refractivity contribution in [1.82, 2.24) is 25.6 Å². The van der Waals surface area contributed by atoms with E-state index >= 15 is 0 Å². The molecule has 12 heteroatoms. The van der Waals surface area contributed by atoms with Crippen LogP contribution >= 0.6 is 11.8 Å². The summed E-state index contributed by atoms with van der Waals surface area (Å²) in [7, 11) is 0. The van der Waals surface area contributed by atoms with Gasteiger partial charge in [-0.3, -0.25) is 24.9 Å². The lowest BCUT2D eigenvalue weighted by Gasteiger charge is -2.06. The van der Waals surface area contributed by atoms with Crippen molar-refractivity contribution < 1.29 is 18.6 Å². The van der Waals surface area contributed by atoms with Crippen molar-refractivity contribution in [2.75, 3.05) is 5.75 Å². The predicted octanol–water partition coefficient (Wildman–Crippen LogP) is 2.44. The van der Waals surface area contributed by atoms with Crippen LogP contribution in [-0.2, 0) is 11.3 Å². The van der Waals surface area contributed by atoms with Crippen LogP contribution in [0.4, 0.5) is 5.88 Å². The molecule has 0 spiro atoms. The van der Waals surface area contributed by atoms with Crippen LogP contribution in [0.3, 0.4) is 0 Å². The Morgan fingerprint density at radius 2 is 2.25 bits per heavy atom. The van der Waals surface area contributed by atoms with Gasteiger partial charge in [-0.15, -0.1) is 10.2 Å². The third kappa shape index (κ3) is 4.59. The fourth-order valence-electron chi connectivity index (χ4n) is 2.21. The number of rotatable bonds is 9. The van der Waals surface area contributed by atoms with Crippen LogP contribution in [-0.4, -0.2) is 31.3 Å². The van der Waals surface area contributed by atoms with Gasteiger partial charge in [0, 0.05) is 12.7 Å². The molecule has 11 nitrogen and oxygen atoms in total. The van der Waals surface area contributed by atoms with Crippen LogP contribution in [0.25, 0.3) is 17.7 Å². The molecule has 0 unspecified atom stereocenters. The SMILES string of the molecule is CCn1c(SCC(=O)NN/C=C/c2ccc([N+](=O)[O-])o2)nnc1-c1ccco1.